The highest BCUT2D eigenvalue weighted by molar-refractivity contribution is 6.09. The molecule has 3 fully saturated rings. The van der Waals surface area contributed by atoms with Crippen molar-refractivity contribution in [3.05, 3.63) is 0 Å². The number of piperidine rings is 1. The largest absolute Gasteiger partial charge is 0.341 e. The van der Waals surface area contributed by atoms with E-state index in [0.717, 1.165) is 43.5 Å². The summed E-state index contributed by atoms with van der Waals surface area (Å²) < 4.78 is 0. The van der Waals surface area contributed by atoms with Gasteiger partial charge < -0.3 is 15.5 Å². The molecule has 0 bridgehead atoms. The van der Waals surface area contributed by atoms with Crippen molar-refractivity contribution in [2.24, 2.45) is 5.92 Å². The maximum atomic E-state index is 12.7. The average Bonchev–Trinajstić information content (AvgIpc) is 2.80. The standard InChI is InChI=1S/C17H28N4O3/c1-18-10-13-6-5-9-20(11-13)14(22)12-21-15(23)17(19-16(21)24)7-3-2-4-8-17/h13,18H,2-12H2,1H3,(H,19,24). The van der Waals surface area contributed by atoms with E-state index in [2.05, 4.69) is 10.6 Å². The lowest BCUT2D eigenvalue weighted by Crippen LogP contribution is -2.50. The van der Waals surface area contributed by atoms with Crippen LogP contribution in [0.4, 0.5) is 4.79 Å². The summed E-state index contributed by atoms with van der Waals surface area (Å²) in [5.74, 6) is 0.122. The van der Waals surface area contributed by atoms with Gasteiger partial charge in [-0.2, -0.15) is 0 Å². The van der Waals surface area contributed by atoms with Crippen LogP contribution in [0.15, 0.2) is 0 Å². The fraction of sp³-hybridized carbons (Fsp3) is 0.824. The van der Waals surface area contributed by atoms with Crippen LogP contribution in [-0.2, 0) is 9.59 Å². The molecule has 2 N–H and O–H groups in total. The van der Waals surface area contributed by atoms with Crippen LogP contribution >= 0.6 is 0 Å². The molecule has 2 aliphatic heterocycles. The summed E-state index contributed by atoms with van der Waals surface area (Å²) in [7, 11) is 1.91. The molecule has 7 heteroatoms. The monoisotopic (exact) mass is 336 g/mol. The normalized spacial score (nSPS) is 26.8. The molecule has 7 nitrogen and oxygen atoms in total. The molecule has 3 rings (SSSR count). The van der Waals surface area contributed by atoms with Gasteiger partial charge >= 0.3 is 6.03 Å². The molecule has 1 atom stereocenters. The van der Waals surface area contributed by atoms with Crippen LogP contribution in [0.5, 0.6) is 0 Å². The molecule has 1 unspecified atom stereocenters. The zero-order valence-electron chi connectivity index (χ0n) is 14.5. The Hall–Kier alpha value is -1.63. The quantitative estimate of drug-likeness (QED) is 0.741. The van der Waals surface area contributed by atoms with E-state index < -0.39 is 11.6 Å². The molecule has 2 saturated heterocycles. The molecular formula is C17H28N4O3. The van der Waals surface area contributed by atoms with E-state index in [1.54, 1.807) is 4.90 Å². The van der Waals surface area contributed by atoms with Crippen LogP contribution in [0.1, 0.15) is 44.9 Å². The lowest BCUT2D eigenvalue weighted by molar-refractivity contribution is -0.140. The van der Waals surface area contributed by atoms with E-state index >= 15 is 0 Å². The van der Waals surface area contributed by atoms with Crippen LogP contribution in [0.25, 0.3) is 0 Å². The Balaban J connectivity index is 1.61. The summed E-state index contributed by atoms with van der Waals surface area (Å²) >= 11 is 0. The average molecular weight is 336 g/mol. The Bertz CT molecular complexity index is 514. The van der Waals surface area contributed by atoms with Crippen molar-refractivity contribution in [2.75, 3.05) is 33.2 Å². The molecule has 0 aromatic heterocycles. The second kappa shape index (κ2) is 7.09. The first-order valence-electron chi connectivity index (χ1n) is 9.12. The van der Waals surface area contributed by atoms with Gasteiger partial charge in [0.2, 0.25) is 5.91 Å². The number of imide groups is 1. The molecular weight excluding hydrogens is 308 g/mol. The van der Waals surface area contributed by atoms with Crippen molar-refractivity contribution >= 4 is 17.8 Å². The van der Waals surface area contributed by atoms with Crippen molar-refractivity contribution in [1.82, 2.24) is 20.4 Å². The van der Waals surface area contributed by atoms with Gasteiger partial charge in [-0.3, -0.25) is 14.5 Å². The van der Waals surface area contributed by atoms with E-state index in [9.17, 15) is 14.4 Å². The van der Waals surface area contributed by atoms with Gasteiger partial charge in [0.1, 0.15) is 12.1 Å². The summed E-state index contributed by atoms with van der Waals surface area (Å²) in [4.78, 5) is 40.5. The van der Waals surface area contributed by atoms with Gasteiger partial charge in [0.05, 0.1) is 0 Å². The number of carbonyl (C=O) groups excluding carboxylic acids is 3. The Morgan fingerprint density at radius 1 is 1.25 bits per heavy atom. The second-order valence-corrected chi connectivity index (χ2v) is 7.37. The van der Waals surface area contributed by atoms with Crippen molar-refractivity contribution < 1.29 is 14.4 Å². The van der Waals surface area contributed by atoms with Crippen LogP contribution in [0.3, 0.4) is 0 Å². The lowest BCUT2D eigenvalue weighted by Gasteiger charge is -2.34. The third kappa shape index (κ3) is 3.27. The predicted octanol–water partition coefficient (Wildman–Crippen LogP) is 0.699. The summed E-state index contributed by atoms with van der Waals surface area (Å²) in [6.45, 7) is 2.18. The first-order chi connectivity index (χ1) is 11.6. The Morgan fingerprint density at radius 3 is 2.71 bits per heavy atom. The summed E-state index contributed by atoms with van der Waals surface area (Å²) in [6.07, 6.45) is 6.47. The number of rotatable bonds is 4. The van der Waals surface area contributed by atoms with Crippen molar-refractivity contribution in [2.45, 2.75) is 50.5 Å². The molecule has 3 aliphatic rings. The number of nitrogens with zero attached hydrogens (tertiary/aromatic N) is 2. The molecule has 1 saturated carbocycles. The fourth-order valence-corrected chi connectivity index (χ4v) is 4.30. The highest BCUT2D eigenvalue weighted by Gasteiger charge is 2.51. The van der Waals surface area contributed by atoms with Gasteiger partial charge in [0, 0.05) is 13.1 Å². The maximum absolute atomic E-state index is 12.7. The van der Waals surface area contributed by atoms with E-state index in [4.69, 9.17) is 0 Å². The SMILES string of the molecule is CNCC1CCCN(C(=O)CN2C(=O)NC3(CCCCC3)C2=O)C1. The predicted molar refractivity (Wildman–Crippen MR) is 89.3 cm³/mol. The van der Waals surface area contributed by atoms with E-state index in [1.165, 1.54) is 0 Å². The zero-order valence-corrected chi connectivity index (χ0v) is 14.5. The Labute approximate surface area is 143 Å². The Morgan fingerprint density at radius 2 is 2.00 bits per heavy atom. The van der Waals surface area contributed by atoms with E-state index in [-0.39, 0.29) is 18.4 Å². The van der Waals surface area contributed by atoms with Crippen LogP contribution in [0, 0.1) is 5.92 Å². The molecule has 0 aromatic carbocycles. The molecule has 1 spiro atoms. The summed E-state index contributed by atoms with van der Waals surface area (Å²) in [5, 5.41) is 6.02. The van der Waals surface area contributed by atoms with E-state index in [0.29, 0.717) is 31.8 Å². The zero-order chi connectivity index (χ0) is 17.2. The molecule has 0 radical (unpaired) electrons. The molecule has 2 heterocycles. The first kappa shape index (κ1) is 17.2. The number of hydrogen-bond donors (Lipinski definition) is 2. The van der Waals surface area contributed by atoms with Crippen LogP contribution < -0.4 is 10.6 Å². The lowest BCUT2D eigenvalue weighted by atomic mass is 9.82. The van der Waals surface area contributed by atoms with Crippen molar-refractivity contribution in [3.8, 4) is 0 Å². The van der Waals surface area contributed by atoms with Gasteiger partial charge in [-0.15, -0.1) is 0 Å². The van der Waals surface area contributed by atoms with Crippen LogP contribution in [0.2, 0.25) is 0 Å². The van der Waals surface area contributed by atoms with Crippen molar-refractivity contribution in [3.63, 3.8) is 0 Å². The molecule has 24 heavy (non-hydrogen) atoms. The van der Waals surface area contributed by atoms with Gasteiger partial charge in [0.25, 0.3) is 5.91 Å². The topological polar surface area (TPSA) is 81.8 Å². The van der Waals surface area contributed by atoms with Gasteiger partial charge in [0.15, 0.2) is 0 Å². The number of carbonyl (C=O) groups is 3. The summed E-state index contributed by atoms with van der Waals surface area (Å²) in [5.41, 5.74) is -0.744. The maximum Gasteiger partial charge on any atom is 0.325 e. The molecule has 1 aliphatic carbocycles. The highest BCUT2D eigenvalue weighted by atomic mass is 16.2. The summed E-state index contributed by atoms with van der Waals surface area (Å²) in [6, 6.07) is -0.404. The number of amides is 4. The number of urea groups is 1. The number of likely N-dealkylation sites (tertiary alicyclic amines) is 1. The minimum atomic E-state index is -0.744. The minimum Gasteiger partial charge on any atom is -0.341 e. The van der Waals surface area contributed by atoms with Gasteiger partial charge in [-0.1, -0.05) is 19.3 Å². The smallest absolute Gasteiger partial charge is 0.325 e. The van der Waals surface area contributed by atoms with Gasteiger partial charge in [-0.25, -0.2) is 4.79 Å². The van der Waals surface area contributed by atoms with Crippen LogP contribution in [-0.4, -0.2) is 66.4 Å². The molecule has 4 amide bonds. The second-order valence-electron chi connectivity index (χ2n) is 7.37. The Kier molecular flexibility index (Phi) is 5.08. The van der Waals surface area contributed by atoms with E-state index in [1.807, 2.05) is 7.05 Å². The third-order valence-corrected chi connectivity index (χ3v) is 5.61. The highest BCUT2D eigenvalue weighted by Crippen LogP contribution is 2.33. The molecule has 134 valence electrons. The number of nitrogens with one attached hydrogen (secondary N) is 2. The third-order valence-electron chi connectivity index (χ3n) is 5.61. The number of hydrogen-bond acceptors (Lipinski definition) is 4. The molecule has 0 aromatic rings. The van der Waals surface area contributed by atoms with Gasteiger partial charge in [-0.05, 0) is 45.2 Å². The minimum absolute atomic E-state index is 0.118. The van der Waals surface area contributed by atoms with Crippen molar-refractivity contribution in [1.29, 1.82) is 0 Å². The fourth-order valence-electron chi connectivity index (χ4n) is 4.30. The first-order valence-corrected chi connectivity index (χ1v) is 9.12.